The summed E-state index contributed by atoms with van der Waals surface area (Å²) in [4.78, 5) is 0. The molecule has 0 spiro atoms. The van der Waals surface area contributed by atoms with Gasteiger partial charge in [0.2, 0.25) is 0 Å². The van der Waals surface area contributed by atoms with Gasteiger partial charge in [0.1, 0.15) is 0 Å². The van der Waals surface area contributed by atoms with E-state index >= 15 is 0 Å². The molecule has 1 N–H and O–H groups in total. The molecule has 2 atom stereocenters. The fourth-order valence-corrected chi connectivity index (χ4v) is 4.73. The van der Waals surface area contributed by atoms with Crippen molar-refractivity contribution in [3.63, 3.8) is 0 Å². The van der Waals surface area contributed by atoms with Gasteiger partial charge >= 0.3 is 103 Å². The van der Waals surface area contributed by atoms with Crippen molar-refractivity contribution in [2.75, 3.05) is 13.1 Å². The molecule has 1 aliphatic heterocycles. The van der Waals surface area contributed by atoms with Crippen LogP contribution in [0.5, 0.6) is 0 Å². The SMILES string of the molecule is CC[C@@H](C)[C@@H]([Sn])C1(CC)CCNCC1. The third-order valence-corrected chi connectivity index (χ3v) is 7.55. The van der Waals surface area contributed by atoms with Gasteiger partial charge in [0.05, 0.1) is 0 Å². The molecule has 1 fully saturated rings. The van der Waals surface area contributed by atoms with Gasteiger partial charge < -0.3 is 0 Å². The van der Waals surface area contributed by atoms with Crippen molar-refractivity contribution in [1.29, 1.82) is 0 Å². The van der Waals surface area contributed by atoms with E-state index in [1.54, 1.807) is 22.5 Å². The molecule has 2 heteroatoms. The van der Waals surface area contributed by atoms with Gasteiger partial charge in [-0.15, -0.1) is 0 Å². The van der Waals surface area contributed by atoms with Gasteiger partial charge in [0.15, 0.2) is 0 Å². The number of hydrogen-bond donors (Lipinski definition) is 1. The summed E-state index contributed by atoms with van der Waals surface area (Å²) in [5.41, 5.74) is 0.680. The first-order chi connectivity index (χ1) is 6.66. The third kappa shape index (κ3) is 2.66. The van der Waals surface area contributed by atoms with Crippen LogP contribution in [0.4, 0.5) is 0 Å². The van der Waals surface area contributed by atoms with Crippen LogP contribution >= 0.6 is 0 Å². The van der Waals surface area contributed by atoms with E-state index in [1.165, 1.54) is 38.8 Å². The molecule has 0 unspecified atom stereocenters. The summed E-state index contributed by atoms with van der Waals surface area (Å²) in [6.07, 6.45) is 5.55. The van der Waals surface area contributed by atoms with Gasteiger partial charge in [-0.3, -0.25) is 0 Å². The first kappa shape index (κ1) is 12.8. The Morgan fingerprint density at radius 3 is 2.29 bits per heavy atom. The molecule has 1 heterocycles. The van der Waals surface area contributed by atoms with Crippen LogP contribution in [0, 0.1) is 11.3 Å². The molecule has 1 saturated heterocycles. The fourth-order valence-electron chi connectivity index (χ4n) is 2.65. The molecule has 0 amide bonds. The Morgan fingerprint density at radius 2 is 1.86 bits per heavy atom. The van der Waals surface area contributed by atoms with Crippen molar-refractivity contribution in [3.05, 3.63) is 0 Å². The van der Waals surface area contributed by atoms with Gasteiger partial charge in [-0.2, -0.15) is 0 Å². The average molecular weight is 301 g/mol. The maximum absolute atomic E-state index is 3.50. The van der Waals surface area contributed by atoms with Crippen LogP contribution in [-0.4, -0.2) is 35.6 Å². The molecule has 14 heavy (non-hydrogen) atoms. The van der Waals surface area contributed by atoms with Crippen molar-refractivity contribution in [2.45, 2.75) is 50.4 Å². The summed E-state index contributed by atoms with van der Waals surface area (Å²) in [6.45, 7) is 9.67. The molecule has 1 nitrogen and oxygen atoms in total. The van der Waals surface area contributed by atoms with E-state index in [-0.39, 0.29) is 0 Å². The molecule has 1 aliphatic rings. The summed E-state index contributed by atoms with van der Waals surface area (Å²) < 4.78 is 0.979. The van der Waals surface area contributed by atoms with E-state index in [0.29, 0.717) is 5.41 Å². The molecule has 0 aliphatic carbocycles. The van der Waals surface area contributed by atoms with Crippen molar-refractivity contribution < 1.29 is 0 Å². The first-order valence-corrected chi connectivity index (χ1v) is 7.73. The Balaban J connectivity index is 2.66. The maximum atomic E-state index is 3.50. The molecule has 0 aromatic carbocycles. The van der Waals surface area contributed by atoms with E-state index in [9.17, 15) is 0 Å². The van der Waals surface area contributed by atoms with Crippen LogP contribution in [0.3, 0.4) is 0 Å². The molecule has 3 radical (unpaired) electrons. The van der Waals surface area contributed by atoms with Gasteiger partial charge in [-0.05, 0) is 0 Å². The Bertz CT molecular complexity index is 164. The first-order valence-electron chi connectivity index (χ1n) is 6.08. The van der Waals surface area contributed by atoms with Gasteiger partial charge in [-0.25, -0.2) is 0 Å². The number of piperidine rings is 1. The Hall–Kier alpha value is 0.759. The standard InChI is InChI=1S/C12H24N.Sn/c1-4-11(3)10-12(5-2)6-8-13-9-7-12;/h10-11,13H,4-9H2,1-3H3;/t11-;/m1./s1. The summed E-state index contributed by atoms with van der Waals surface area (Å²) in [7, 11) is 0. The molecule has 0 aromatic rings. The Kier molecular flexibility index (Phi) is 5.26. The molecular formula is C12H24NSn. The average Bonchev–Trinajstić information content (AvgIpc) is 2.28. The quantitative estimate of drug-likeness (QED) is 0.787. The fraction of sp³-hybridized carbons (Fsp3) is 1.00. The molecule has 0 bridgehead atoms. The zero-order valence-corrected chi connectivity index (χ0v) is 12.8. The third-order valence-electron chi connectivity index (χ3n) is 4.18. The molecular weight excluding hydrogens is 277 g/mol. The summed E-state index contributed by atoms with van der Waals surface area (Å²) in [6, 6.07) is 0. The van der Waals surface area contributed by atoms with Crippen molar-refractivity contribution in [2.24, 2.45) is 11.3 Å². The van der Waals surface area contributed by atoms with Gasteiger partial charge in [-0.1, -0.05) is 0 Å². The minimum atomic E-state index is 0.680. The number of nitrogens with one attached hydrogen (secondary N) is 1. The van der Waals surface area contributed by atoms with Crippen LogP contribution in [0.2, 0.25) is 3.93 Å². The number of rotatable bonds is 4. The normalized spacial score (nSPS) is 25.7. The van der Waals surface area contributed by atoms with Gasteiger partial charge in [0.25, 0.3) is 0 Å². The summed E-state index contributed by atoms with van der Waals surface area (Å²) in [5, 5.41) is 3.50. The minimum absolute atomic E-state index is 0.680. The predicted octanol–water partition coefficient (Wildman–Crippen LogP) is 2.77. The van der Waals surface area contributed by atoms with Crippen LogP contribution in [0.1, 0.15) is 46.5 Å². The zero-order chi connectivity index (χ0) is 10.6. The van der Waals surface area contributed by atoms with Crippen molar-refractivity contribution in [1.82, 2.24) is 5.32 Å². The Morgan fingerprint density at radius 1 is 1.29 bits per heavy atom. The van der Waals surface area contributed by atoms with Crippen LogP contribution in [0.25, 0.3) is 0 Å². The van der Waals surface area contributed by atoms with E-state index < -0.39 is 0 Å². The summed E-state index contributed by atoms with van der Waals surface area (Å²) in [5.74, 6) is 0.922. The van der Waals surface area contributed by atoms with Crippen LogP contribution < -0.4 is 5.32 Å². The second-order valence-corrected chi connectivity index (χ2v) is 6.60. The Labute approximate surface area is 103 Å². The summed E-state index contributed by atoms with van der Waals surface area (Å²) >= 11 is 1.77. The van der Waals surface area contributed by atoms with Crippen LogP contribution in [0.15, 0.2) is 0 Å². The molecule has 0 aromatic heterocycles. The van der Waals surface area contributed by atoms with Gasteiger partial charge in [0, 0.05) is 0 Å². The molecule has 81 valence electrons. The van der Waals surface area contributed by atoms with Crippen molar-refractivity contribution in [3.8, 4) is 0 Å². The van der Waals surface area contributed by atoms with E-state index in [0.717, 1.165) is 9.85 Å². The predicted molar refractivity (Wildman–Crippen MR) is 63.8 cm³/mol. The monoisotopic (exact) mass is 302 g/mol. The zero-order valence-electron chi connectivity index (χ0n) is 9.90. The van der Waals surface area contributed by atoms with E-state index in [4.69, 9.17) is 0 Å². The van der Waals surface area contributed by atoms with E-state index in [1.807, 2.05) is 0 Å². The second kappa shape index (κ2) is 5.74. The van der Waals surface area contributed by atoms with Crippen LogP contribution in [-0.2, 0) is 0 Å². The molecule has 0 saturated carbocycles. The van der Waals surface area contributed by atoms with E-state index in [2.05, 4.69) is 26.1 Å². The molecule has 1 rings (SSSR count). The number of hydrogen-bond acceptors (Lipinski definition) is 1. The van der Waals surface area contributed by atoms with Crippen molar-refractivity contribution >= 4 is 22.5 Å². The second-order valence-electron chi connectivity index (χ2n) is 4.83. The topological polar surface area (TPSA) is 12.0 Å².